The van der Waals surface area contributed by atoms with Gasteiger partial charge in [-0.05, 0) is 70.1 Å². The molecule has 0 saturated carbocycles. The lowest BCUT2D eigenvalue weighted by Crippen LogP contribution is -2.50. The zero-order valence-electron chi connectivity index (χ0n) is 19.5. The number of aryl methyl sites for hydroxylation is 1. The van der Waals surface area contributed by atoms with Gasteiger partial charge in [-0.3, -0.25) is 9.59 Å². The average molecular weight is 558 g/mol. The van der Waals surface area contributed by atoms with Gasteiger partial charge in [0.05, 0.1) is 14.5 Å². The molecule has 5 nitrogen and oxygen atoms in total. The number of hydrogen-bond acceptors (Lipinski definition) is 3. The van der Waals surface area contributed by atoms with Gasteiger partial charge in [-0.25, -0.2) is 0 Å². The highest BCUT2D eigenvalue weighted by molar-refractivity contribution is 9.10. The zero-order valence-corrected chi connectivity index (χ0v) is 22.6. The van der Waals surface area contributed by atoms with Crippen LogP contribution >= 0.6 is 39.1 Å². The molecule has 0 aliphatic rings. The Morgan fingerprint density at radius 2 is 1.76 bits per heavy atom. The largest absolute Gasteiger partial charge is 0.483 e. The Kier molecular flexibility index (Phi) is 11.0. The lowest BCUT2D eigenvalue weighted by Gasteiger charge is -2.31. The molecular weight excluding hydrogens is 527 g/mol. The van der Waals surface area contributed by atoms with E-state index >= 15 is 0 Å². The van der Waals surface area contributed by atoms with E-state index in [2.05, 4.69) is 28.2 Å². The minimum Gasteiger partial charge on any atom is -0.483 e. The van der Waals surface area contributed by atoms with Gasteiger partial charge in [-0.15, -0.1) is 0 Å². The number of carbonyl (C=O) groups is 2. The lowest BCUT2D eigenvalue weighted by molar-refractivity contribution is -0.143. The fraction of sp³-hybridized carbons (Fsp3) is 0.440. The first-order chi connectivity index (χ1) is 15.7. The molecule has 2 aromatic rings. The van der Waals surface area contributed by atoms with Crippen molar-refractivity contribution >= 4 is 50.9 Å². The molecule has 0 aromatic heterocycles. The van der Waals surface area contributed by atoms with Crippen LogP contribution in [0.15, 0.2) is 40.9 Å². The minimum atomic E-state index is -0.639. The molecule has 1 N–H and O–H groups in total. The Morgan fingerprint density at radius 1 is 1.06 bits per heavy atom. The van der Waals surface area contributed by atoms with Crippen molar-refractivity contribution in [3.63, 3.8) is 0 Å². The number of ether oxygens (including phenoxy) is 1. The second-order valence-electron chi connectivity index (χ2n) is 8.24. The van der Waals surface area contributed by atoms with E-state index in [0.29, 0.717) is 34.7 Å². The predicted octanol–water partition coefficient (Wildman–Crippen LogP) is 6.28. The van der Waals surface area contributed by atoms with Crippen LogP contribution in [0.25, 0.3) is 0 Å². The van der Waals surface area contributed by atoms with Crippen LogP contribution in [-0.2, 0) is 22.6 Å². The van der Waals surface area contributed by atoms with Crippen LogP contribution < -0.4 is 10.1 Å². The third kappa shape index (κ3) is 8.20. The SMILES string of the molecule is CCc1ccc(OCC(=O)N(Cc2ccc(Cl)c(Cl)c2)C(CC)C(=O)NCC(C)C)c(Br)c1. The fourth-order valence-electron chi connectivity index (χ4n) is 3.28. The van der Waals surface area contributed by atoms with Gasteiger partial charge in [0.25, 0.3) is 5.91 Å². The van der Waals surface area contributed by atoms with Crippen LogP contribution in [0.5, 0.6) is 5.75 Å². The van der Waals surface area contributed by atoms with Crippen molar-refractivity contribution < 1.29 is 14.3 Å². The smallest absolute Gasteiger partial charge is 0.261 e. The maximum absolute atomic E-state index is 13.3. The third-order valence-corrected chi connectivity index (χ3v) is 6.52. The monoisotopic (exact) mass is 556 g/mol. The summed E-state index contributed by atoms with van der Waals surface area (Å²) in [5.74, 6) is 0.400. The Morgan fingerprint density at radius 3 is 2.33 bits per heavy atom. The Hall–Kier alpha value is -1.76. The van der Waals surface area contributed by atoms with E-state index < -0.39 is 6.04 Å². The maximum atomic E-state index is 13.3. The van der Waals surface area contributed by atoms with Crippen LogP contribution in [0.4, 0.5) is 0 Å². The van der Waals surface area contributed by atoms with Gasteiger partial charge < -0.3 is 15.0 Å². The van der Waals surface area contributed by atoms with E-state index in [-0.39, 0.29) is 25.0 Å². The molecule has 2 rings (SSSR count). The van der Waals surface area contributed by atoms with E-state index in [1.807, 2.05) is 39.0 Å². The van der Waals surface area contributed by atoms with Gasteiger partial charge in [-0.1, -0.05) is 63.0 Å². The summed E-state index contributed by atoms with van der Waals surface area (Å²) >= 11 is 15.7. The molecule has 0 fully saturated rings. The molecule has 0 bridgehead atoms. The van der Waals surface area contributed by atoms with Crippen molar-refractivity contribution in [3.8, 4) is 5.75 Å². The van der Waals surface area contributed by atoms with Crippen molar-refractivity contribution in [2.45, 2.75) is 53.1 Å². The molecule has 8 heteroatoms. The molecule has 0 spiro atoms. The second kappa shape index (κ2) is 13.2. The van der Waals surface area contributed by atoms with E-state index in [1.54, 1.807) is 23.1 Å². The minimum absolute atomic E-state index is 0.187. The Balaban J connectivity index is 2.24. The number of carbonyl (C=O) groups excluding carboxylic acids is 2. The fourth-order valence-corrected chi connectivity index (χ4v) is 4.14. The first-order valence-corrected chi connectivity index (χ1v) is 12.6. The van der Waals surface area contributed by atoms with E-state index in [0.717, 1.165) is 22.0 Å². The third-order valence-electron chi connectivity index (χ3n) is 5.16. The van der Waals surface area contributed by atoms with Gasteiger partial charge in [0.1, 0.15) is 11.8 Å². The normalized spacial score (nSPS) is 11.9. The van der Waals surface area contributed by atoms with Crippen molar-refractivity contribution in [1.82, 2.24) is 10.2 Å². The average Bonchev–Trinajstić information content (AvgIpc) is 2.78. The van der Waals surface area contributed by atoms with E-state index in [4.69, 9.17) is 27.9 Å². The number of hydrogen-bond donors (Lipinski definition) is 1. The lowest BCUT2D eigenvalue weighted by atomic mass is 10.1. The number of amides is 2. The van der Waals surface area contributed by atoms with Gasteiger partial charge in [0.15, 0.2) is 6.61 Å². The summed E-state index contributed by atoms with van der Waals surface area (Å²) in [4.78, 5) is 27.8. The summed E-state index contributed by atoms with van der Waals surface area (Å²) in [5.41, 5.74) is 1.94. The summed E-state index contributed by atoms with van der Waals surface area (Å²) in [7, 11) is 0. The van der Waals surface area contributed by atoms with E-state index in [1.165, 1.54) is 0 Å². The van der Waals surface area contributed by atoms with Gasteiger partial charge in [-0.2, -0.15) is 0 Å². The molecular formula is C25H31BrCl2N2O3. The number of nitrogens with zero attached hydrogens (tertiary/aromatic N) is 1. The zero-order chi connectivity index (χ0) is 24.5. The molecule has 0 saturated heterocycles. The standard InChI is InChI=1S/C25H31BrCl2N2O3/c1-5-17-8-10-23(19(26)11-17)33-15-24(31)30(14-18-7-9-20(27)21(28)12-18)22(6-2)25(32)29-13-16(3)4/h7-12,16,22H,5-6,13-15H2,1-4H3,(H,29,32). The molecule has 1 unspecified atom stereocenters. The highest BCUT2D eigenvalue weighted by Crippen LogP contribution is 2.27. The molecule has 0 heterocycles. The molecule has 0 radical (unpaired) electrons. The Labute approximate surface area is 214 Å². The van der Waals surface area contributed by atoms with Crippen LogP contribution in [-0.4, -0.2) is 35.9 Å². The first kappa shape index (κ1) is 27.5. The van der Waals surface area contributed by atoms with Crippen LogP contribution in [0.1, 0.15) is 45.2 Å². The number of benzene rings is 2. The van der Waals surface area contributed by atoms with Crippen LogP contribution in [0.3, 0.4) is 0 Å². The predicted molar refractivity (Wildman–Crippen MR) is 138 cm³/mol. The molecule has 2 aromatic carbocycles. The maximum Gasteiger partial charge on any atom is 0.261 e. The molecule has 33 heavy (non-hydrogen) atoms. The number of halogens is 3. The number of rotatable bonds is 11. The molecule has 1 atom stereocenters. The molecule has 180 valence electrons. The van der Waals surface area contributed by atoms with Crippen molar-refractivity contribution in [3.05, 3.63) is 62.0 Å². The van der Waals surface area contributed by atoms with Gasteiger partial charge in [0, 0.05) is 13.1 Å². The quantitative estimate of drug-likeness (QED) is 0.354. The van der Waals surface area contributed by atoms with Crippen molar-refractivity contribution in [1.29, 1.82) is 0 Å². The topological polar surface area (TPSA) is 58.6 Å². The summed E-state index contributed by atoms with van der Waals surface area (Å²) in [6, 6.07) is 10.3. The Bertz CT molecular complexity index is 969. The van der Waals surface area contributed by atoms with Crippen LogP contribution in [0, 0.1) is 5.92 Å². The van der Waals surface area contributed by atoms with Crippen molar-refractivity contribution in [2.24, 2.45) is 5.92 Å². The van der Waals surface area contributed by atoms with Gasteiger partial charge in [0.2, 0.25) is 5.91 Å². The van der Waals surface area contributed by atoms with Crippen LogP contribution in [0.2, 0.25) is 10.0 Å². The summed E-state index contributed by atoms with van der Waals surface area (Å²) in [5, 5.41) is 3.77. The first-order valence-electron chi connectivity index (χ1n) is 11.1. The summed E-state index contributed by atoms with van der Waals surface area (Å²) in [6.45, 7) is 8.56. The summed E-state index contributed by atoms with van der Waals surface area (Å²) < 4.78 is 6.60. The number of nitrogens with one attached hydrogen (secondary N) is 1. The van der Waals surface area contributed by atoms with Crippen molar-refractivity contribution in [2.75, 3.05) is 13.2 Å². The highest BCUT2D eigenvalue weighted by Gasteiger charge is 2.29. The van der Waals surface area contributed by atoms with Gasteiger partial charge >= 0.3 is 0 Å². The molecule has 2 amide bonds. The van der Waals surface area contributed by atoms with E-state index in [9.17, 15) is 9.59 Å². The molecule has 0 aliphatic carbocycles. The summed E-state index contributed by atoms with van der Waals surface area (Å²) in [6.07, 6.45) is 1.37. The second-order valence-corrected chi connectivity index (χ2v) is 9.91. The molecule has 0 aliphatic heterocycles. The highest BCUT2D eigenvalue weighted by atomic mass is 79.9.